The molecule has 0 aliphatic carbocycles. The van der Waals surface area contributed by atoms with Crippen LogP contribution in [0.15, 0.2) is 30.3 Å². The molecule has 14 nitrogen and oxygen atoms in total. The van der Waals surface area contributed by atoms with Gasteiger partial charge in [0.05, 0.1) is 27.7 Å². The number of nitrogens with zero attached hydrogens (tertiary/aromatic N) is 2. The van der Waals surface area contributed by atoms with Crippen LogP contribution in [0.25, 0.3) is 0 Å². The van der Waals surface area contributed by atoms with Crippen molar-refractivity contribution in [1.82, 2.24) is 10.2 Å². The Hall–Kier alpha value is -3.59. The van der Waals surface area contributed by atoms with Gasteiger partial charge in [-0.15, -0.1) is 0 Å². The summed E-state index contributed by atoms with van der Waals surface area (Å²) in [4.78, 5) is 42.4. The molecular weight excluding hydrogens is 524 g/mol. The number of guanidine groups is 1. The van der Waals surface area contributed by atoms with Crippen molar-refractivity contribution in [2.45, 2.75) is 51.3 Å². The van der Waals surface area contributed by atoms with Gasteiger partial charge >= 0.3 is 11.9 Å². The lowest BCUT2D eigenvalue weighted by Gasteiger charge is -2.26. The van der Waals surface area contributed by atoms with Crippen LogP contribution in [0.2, 0.25) is 0 Å². The summed E-state index contributed by atoms with van der Waals surface area (Å²) in [7, 11) is 7.36. The molecule has 14 heteroatoms. The summed E-state index contributed by atoms with van der Waals surface area (Å²) in [5, 5.41) is 45.3. The van der Waals surface area contributed by atoms with Gasteiger partial charge in [0.15, 0.2) is 5.96 Å². The van der Waals surface area contributed by atoms with Crippen molar-refractivity contribution in [2.24, 2.45) is 17.4 Å². The Kier molecular flexibility index (Phi) is 18.8. The molecule has 1 aliphatic rings. The molecule has 228 valence electrons. The van der Waals surface area contributed by atoms with Crippen molar-refractivity contribution in [3.05, 3.63) is 35.9 Å². The number of carbonyl (C=O) groups excluding carboxylic acids is 2. The minimum Gasteiger partial charge on any atom is -0.550 e. The highest BCUT2D eigenvalue weighted by Gasteiger charge is 2.18. The van der Waals surface area contributed by atoms with Crippen molar-refractivity contribution in [1.29, 1.82) is 5.41 Å². The second kappa shape index (κ2) is 19.5. The number of hydrogen-bond acceptors (Lipinski definition) is 9. The van der Waals surface area contributed by atoms with Crippen LogP contribution in [-0.2, 0) is 25.6 Å². The highest BCUT2D eigenvalue weighted by molar-refractivity contribution is 6.02. The topological polar surface area (TPSA) is 243 Å². The lowest BCUT2D eigenvalue weighted by Crippen LogP contribution is -2.43. The summed E-state index contributed by atoms with van der Waals surface area (Å²) in [5.74, 6) is -2.63. The smallest absolute Gasteiger partial charge is 0.320 e. The molecule has 2 rings (SSSR count). The van der Waals surface area contributed by atoms with Crippen molar-refractivity contribution in [3.63, 3.8) is 0 Å². The normalized spacial score (nSPS) is 14.7. The first-order valence-corrected chi connectivity index (χ1v) is 12.5. The van der Waals surface area contributed by atoms with Gasteiger partial charge in [0.25, 0.3) is 0 Å². The first-order valence-electron chi connectivity index (χ1n) is 12.5. The molecule has 1 amide bonds. The third-order valence-electron chi connectivity index (χ3n) is 4.84. The predicted octanol–water partition coefficient (Wildman–Crippen LogP) is -1.74. The molecule has 40 heavy (non-hydrogen) atoms. The van der Waals surface area contributed by atoms with E-state index in [1.165, 1.54) is 0 Å². The second-order valence-electron chi connectivity index (χ2n) is 10.7. The van der Waals surface area contributed by atoms with Crippen LogP contribution in [0, 0.1) is 11.3 Å². The van der Waals surface area contributed by atoms with Crippen molar-refractivity contribution in [3.8, 4) is 0 Å². The average molecular weight is 571 g/mol. The second-order valence-corrected chi connectivity index (χ2v) is 10.7. The third-order valence-corrected chi connectivity index (χ3v) is 4.84. The fourth-order valence-corrected chi connectivity index (χ4v) is 3.01. The van der Waals surface area contributed by atoms with E-state index >= 15 is 0 Å². The molecule has 1 heterocycles. The molecule has 0 saturated carbocycles. The van der Waals surface area contributed by atoms with Gasteiger partial charge in [-0.1, -0.05) is 44.2 Å². The summed E-state index contributed by atoms with van der Waals surface area (Å²) >= 11 is 0. The summed E-state index contributed by atoms with van der Waals surface area (Å²) in [5.41, 5.74) is 11.5. The number of aliphatic hydroxyl groups excluding tert-OH is 1. The zero-order chi connectivity index (χ0) is 31.6. The van der Waals surface area contributed by atoms with Crippen molar-refractivity contribution < 1.29 is 44.1 Å². The molecule has 9 N–H and O–H groups in total. The molecule has 3 atom stereocenters. The van der Waals surface area contributed by atoms with E-state index in [1.807, 2.05) is 65.3 Å². The number of aliphatic carboxylic acids is 3. The number of hydrogen-bond donors (Lipinski definition) is 7. The number of quaternary nitrogens is 1. The minimum absolute atomic E-state index is 0.0995. The van der Waals surface area contributed by atoms with Crippen LogP contribution in [0.3, 0.4) is 0 Å². The highest BCUT2D eigenvalue weighted by Crippen LogP contribution is 2.02. The van der Waals surface area contributed by atoms with Crippen LogP contribution >= 0.6 is 0 Å². The molecular formula is C26H46N6O8. The van der Waals surface area contributed by atoms with E-state index < -0.39 is 36.1 Å². The molecule has 3 unspecified atom stereocenters. The molecule has 1 aliphatic heterocycles. The van der Waals surface area contributed by atoms with Crippen LogP contribution in [-0.4, -0.2) is 114 Å². The molecule has 0 bridgehead atoms. The molecule has 1 fully saturated rings. The van der Waals surface area contributed by atoms with Gasteiger partial charge in [-0.2, -0.15) is 0 Å². The molecule has 0 spiro atoms. The summed E-state index contributed by atoms with van der Waals surface area (Å²) in [6.07, 6.45) is -0.152. The fraction of sp³-hybridized carbons (Fsp3) is 0.577. The third kappa shape index (κ3) is 22.4. The first kappa shape index (κ1) is 38.6. The Labute approximate surface area is 235 Å². The Morgan fingerprint density at radius 3 is 1.85 bits per heavy atom. The maximum Gasteiger partial charge on any atom is 0.320 e. The van der Waals surface area contributed by atoms with E-state index in [9.17, 15) is 24.3 Å². The predicted molar refractivity (Wildman–Crippen MR) is 148 cm³/mol. The first-order chi connectivity index (χ1) is 18.2. The monoisotopic (exact) mass is 570 g/mol. The van der Waals surface area contributed by atoms with E-state index in [0.29, 0.717) is 36.3 Å². The van der Waals surface area contributed by atoms with E-state index in [-0.39, 0.29) is 18.3 Å². The average Bonchev–Trinajstić information content (AvgIpc) is 3.08. The van der Waals surface area contributed by atoms with Crippen LogP contribution in [0.1, 0.15) is 32.3 Å². The molecule has 0 radical (unpaired) electrons. The van der Waals surface area contributed by atoms with Gasteiger partial charge in [0.1, 0.15) is 24.7 Å². The maximum absolute atomic E-state index is 10.4. The molecule has 1 aromatic rings. The maximum atomic E-state index is 10.4. The number of amides is 1. The van der Waals surface area contributed by atoms with E-state index in [4.69, 9.17) is 32.2 Å². The van der Waals surface area contributed by atoms with E-state index in [1.54, 1.807) is 11.9 Å². The summed E-state index contributed by atoms with van der Waals surface area (Å²) in [6, 6.07) is 7.85. The Morgan fingerprint density at radius 1 is 1.07 bits per heavy atom. The molecule has 0 aromatic heterocycles. The Balaban J connectivity index is 0. The van der Waals surface area contributed by atoms with Crippen LogP contribution < -0.4 is 21.9 Å². The van der Waals surface area contributed by atoms with E-state index in [2.05, 4.69) is 5.32 Å². The molecule has 1 aromatic carbocycles. The standard InChI is InChI=1S/C9H11NO2.C7H15NO3.C6H13NO2.C4H7N3O/c10-8(9(11)12)6-7-4-2-1-3-5-7;1-8(2,3)5-6(9)4-7(10)11;1-4(2)3-5(7)6(8)9;1-7-2-3(8)6-4(7)5/h1-5,8H,6,10H2,(H,11,12);6,9H,4-5H2,1-3H3;4-5H,3,7H2,1-2H3,(H,8,9);2H2,1H3,(H2,5,6,8). The lowest BCUT2D eigenvalue weighted by atomic mass is 10.1. The quantitative estimate of drug-likeness (QED) is 0.156. The summed E-state index contributed by atoms with van der Waals surface area (Å²) in [6.45, 7) is 4.64. The number of nitrogens with one attached hydrogen (secondary N) is 2. The van der Waals surface area contributed by atoms with Gasteiger partial charge < -0.3 is 46.1 Å². The van der Waals surface area contributed by atoms with Crippen molar-refractivity contribution in [2.75, 3.05) is 41.3 Å². The van der Waals surface area contributed by atoms with Crippen molar-refractivity contribution >= 4 is 29.8 Å². The van der Waals surface area contributed by atoms with Gasteiger partial charge in [0.2, 0.25) is 5.91 Å². The Bertz CT molecular complexity index is 937. The number of benzene rings is 1. The number of rotatable bonds is 10. The number of aliphatic hydroxyl groups is 1. The zero-order valence-corrected chi connectivity index (χ0v) is 24.2. The van der Waals surface area contributed by atoms with Gasteiger partial charge in [-0.3, -0.25) is 25.1 Å². The van der Waals surface area contributed by atoms with Crippen LogP contribution in [0.4, 0.5) is 0 Å². The highest BCUT2D eigenvalue weighted by atomic mass is 16.4. The number of carboxylic acid groups (broad SMARTS) is 3. The van der Waals surface area contributed by atoms with Crippen LogP contribution in [0.5, 0.6) is 0 Å². The Morgan fingerprint density at radius 2 is 1.57 bits per heavy atom. The SMILES string of the molecule is CC(C)CC(N)C(=O)O.CN1CC(=O)NC1=N.C[N+](C)(C)CC(O)CC(=O)[O-].NC(Cc1ccccc1)C(=O)O. The number of carboxylic acids is 3. The van der Waals surface area contributed by atoms with Gasteiger partial charge in [-0.25, -0.2) is 0 Å². The van der Waals surface area contributed by atoms with Gasteiger partial charge in [-0.05, 0) is 24.3 Å². The minimum atomic E-state index is -1.20. The summed E-state index contributed by atoms with van der Waals surface area (Å²) < 4.78 is 0.550. The van der Waals surface area contributed by atoms with E-state index in [0.717, 1.165) is 5.56 Å². The van der Waals surface area contributed by atoms with Gasteiger partial charge in [0, 0.05) is 19.4 Å². The largest absolute Gasteiger partial charge is 0.550 e. The number of carbonyl (C=O) groups is 4. The lowest BCUT2D eigenvalue weighted by molar-refractivity contribution is -0.873. The zero-order valence-electron chi connectivity index (χ0n) is 24.2. The molecule has 1 saturated heterocycles. The number of likely N-dealkylation sites (N-methyl/N-ethyl adjacent to an activating group) is 2. The fourth-order valence-electron chi connectivity index (χ4n) is 3.01. The number of nitrogens with two attached hydrogens (primary N) is 2.